The summed E-state index contributed by atoms with van der Waals surface area (Å²) in [6.45, 7) is 3.88. The maximum absolute atomic E-state index is 12.5. The Balaban J connectivity index is 1.50. The van der Waals surface area contributed by atoms with Gasteiger partial charge in [-0.05, 0) is 55.3 Å². The topological polar surface area (TPSA) is 102 Å². The molecule has 0 saturated carbocycles. The molecule has 0 unspecified atom stereocenters. The summed E-state index contributed by atoms with van der Waals surface area (Å²) in [6.07, 6.45) is 1.71. The minimum atomic E-state index is -0.687. The Labute approximate surface area is 203 Å². The first kappa shape index (κ1) is 25.2. The Kier molecular flexibility index (Phi) is 8.65. The molecule has 2 amide bonds. The van der Waals surface area contributed by atoms with Gasteiger partial charge in [-0.15, -0.1) is 0 Å². The molecule has 0 aliphatic carbocycles. The van der Waals surface area contributed by atoms with E-state index in [0.717, 1.165) is 18.4 Å². The lowest BCUT2D eigenvalue weighted by molar-refractivity contribution is -0.151. The lowest BCUT2D eigenvalue weighted by Gasteiger charge is -2.17. The maximum Gasteiger partial charge on any atom is 0.338 e. The van der Waals surface area contributed by atoms with Crippen LogP contribution in [-0.4, -0.2) is 43.5 Å². The Hall–Kier alpha value is -3.39. The van der Waals surface area contributed by atoms with Crippen LogP contribution in [0.4, 0.5) is 11.4 Å². The molecule has 1 saturated heterocycles. The van der Waals surface area contributed by atoms with Crippen LogP contribution in [0, 0.1) is 12.8 Å². The van der Waals surface area contributed by atoms with Crippen molar-refractivity contribution in [1.82, 2.24) is 0 Å². The van der Waals surface area contributed by atoms with Crippen LogP contribution < -0.4 is 10.2 Å². The molecule has 3 rings (SSSR count). The van der Waals surface area contributed by atoms with E-state index in [-0.39, 0.29) is 18.9 Å². The van der Waals surface area contributed by atoms with Crippen molar-refractivity contribution in [3.8, 4) is 0 Å². The third-order valence-electron chi connectivity index (χ3n) is 5.41. The number of anilines is 2. The summed E-state index contributed by atoms with van der Waals surface area (Å²) >= 11 is 6.04. The number of hydrogen-bond acceptors (Lipinski definition) is 6. The molecule has 1 heterocycles. The fourth-order valence-corrected chi connectivity index (χ4v) is 3.59. The van der Waals surface area contributed by atoms with Gasteiger partial charge < -0.3 is 19.7 Å². The number of ether oxygens (including phenoxy) is 2. The molecule has 9 heteroatoms. The van der Waals surface area contributed by atoms with Gasteiger partial charge in [0, 0.05) is 29.4 Å². The Morgan fingerprint density at radius 1 is 1.12 bits per heavy atom. The third kappa shape index (κ3) is 6.57. The van der Waals surface area contributed by atoms with Gasteiger partial charge in [0.2, 0.25) is 5.91 Å². The highest BCUT2D eigenvalue weighted by Gasteiger charge is 2.36. The number of carbonyl (C=O) groups excluding carboxylic acids is 4. The summed E-state index contributed by atoms with van der Waals surface area (Å²) in [5.74, 6) is -2.47. The van der Waals surface area contributed by atoms with E-state index in [4.69, 9.17) is 21.1 Å². The zero-order chi connectivity index (χ0) is 24.7. The largest absolute Gasteiger partial charge is 0.462 e. The van der Waals surface area contributed by atoms with E-state index >= 15 is 0 Å². The summed E-state index contributed by atoms with van der Waals surface area (Å²) < 4.78 is 10.3. The van der Waals surface area contributed by atoms with Gasteiger partial charge in [-0.2, -0.15) is 0 Å². The lowest BCUT2D eigenvalue weighted by atomic mass is 10.1. The molecule has 34 heavy (non-hydrogen) atoms. The number of amides is 2. The molecule has 1 fully saturated rings. The Bertz CT molecular complexity index is 1070. The number of nitrogens with one attached hydrogen (secondary N) is 1. The SMILES string of the molecule is CCCCOC(=O)c1ccc(N2C[C@@H](C(=O)OCC(=O)Nc3ccc(C)c(Cl)c3)CC2=O)cc1. The predicted octanol–water partition coefficient (Wildman–Crippen LogP) is 4.14. The molecule has 1 N–H and O–H groups in total. The summed E-state index contributed by atoms with van der Waals surface area (Å²) in [5.41, 5.74) is 2.34. The number of benzene rings is 2. The van der Waals surface area contributed by atoms with E-state index in [1.807, 2.05) is 13.8 Å². The number of unbranched alkanes of at least 4 members (excludes halogenated alkanes) is 1. The number of halogens is 1. The predicted molar refractivity (Wildman–Crippen MR) is 128 cm³/mol. The van der Waals surface area contributed by atoms with Crippen molar-refractivity contribution in [2.24, 2.45) is 5.92 Å². The van der Waals surface area contributed by atoms with Gasteiger partial charge in [0.15, 0.2) is 6.61 Å². The highest BCUT2D eigenvalue weighted by Crippen LogP contribution is 2.26. The molecule has 0 aromatic heterocycles. The Morgan fingerprint density at radius 2 is 1.85 bits per heavy atom. The lowest BCUT2D eigenvalue weighted by Crippen LogP contribution is -2.28. The smallest absolute Gasteiger partial charge is 0.338 e. The fourth-order valence-electron chi connectivity index (χ4n) is 3.41. The number of aryl methyl sites for hydroxylation is 1. The third-order valence-corrected chi connectivity index (χ3v) is 5.81. The minimum absolute atomic E-state index is 0.0190. The van der Waals surface area contributed by atoms with E-state index in [1.54, 1.807) is 42.5 Å². The van der Waals surface area contributed by atoms with Crippen molar-refractivity contribution in [2.45, 2.75) is 33.1 Å². The van der Waals surface area contributed by atoms with E-state index in [1.165, 1.54) is 4.90 Å². The van der Waals surface area contributed by atoms with Crippen LogP contribution in [0.5, 0.6) is 0 Å². The second-order valence-corrected chi connectivity index (χ2v) is 8.47. The molecule has 2 aromatic rings. The first-order chi connectivity index (χ1) is 16.3. The van der Waals surface area contributed by atoms with Crippen molar-refractivity contribution in [3.63, 3.8) is 0 Å². The summed E-state index contributed by atoms with van der Waals surface area (Å²) in [6, 6.07) is 11.5. The molecule has 180 valence electrons. The van der Waals surface area contributed by atoms with Crippen LogP contribution in [-0.2, 0) is 23.9 Å². The molecule has 0 radical (unpaired) electrons. The standard InChI is InChI=1S/C25H27ClN2O6/c1-3-4-11-33-24(31)17-6-9-20(10-7-17)28-14-18(12-23(28)30)25(32)34-15-22(29)27-19-8-5-16(2)21(26)13-19/h5-10,13,18H,3-4,11-12,14-15H2,1-2H3,(H,27,29)/t18-/m0/s1. The molecule has 1 atom stereocenters. The first-order valence-corrected chi connectivity index (χ1v) is 11.5. The van der Waals surface area contributed by atoms with Gasteiger partial charge in [0.05, 0.1) is 18.1 Å². The molecular formula is C25H27ClN2O6. The van der Waals surface area contributed by atoms with Crippen LogP contribution in [0.25, 0.3) is 0 Å². The van der Waals surface area contributed by atoms with Crippen LogP contribution in [0.3, 0.4) is 0 Å². The van der Waals surface area contributed by atoms with Gasteiger partial charge in [-0.3, -0.25) is 14.4 Å². The van der Waals surface area contributed by atoms with E-state index < -0.39 is 30.4 Å². The second kappa shape index (κ2) is 11.7. The van der Waals surface area contributed by atoms with E-state index in [9.17, 15) is 19.2 Å². The van der Waals surface area contributed by atoms with Gasteiger partial charge >= 0.3 is 11.9 Å². The summed E-state index contributed by atoms with van der Waals surface area (Å²) in [7, 11) is 0. The van der Waals surface area contributed by atoms with Crippen molar-refractivity contribution >= 4 is 46.7 Å². The van der Waals surface area contributed by atoms with Gasteiger partial charge in [0.25, 0.3) is 5.91 Å². The average molecular weight is 487 g/mol. The Morgan fingerprint density at radius 3 is 2.53 bits per heavy atom. The van der Waals surface area contributed by atoms with Crippen LogP contribution >= 0.6 is 11.6 Å². The average Bonchev–Trinajstić information content (AvgIpc) is 3.21. The van der Waals surface area contributed by atoms with Crippen LogP contribution in [0.15, 0.2) is 42.5 Å². The molecule has 0 spiro atoms. The fraction of sp³-hybridized carbons (Fsp3) is 0.360. The number of carbonyl (C=O) groups is 4. The second-order valence-electron chi connectivity index (χ2n) is 8.06. The van der Waals surface area contributed by atoms with Crippen molar-refractivity contribution in [1.29, 1.82) is 0 Å². The van der Waals surface area contributed by atoms with E-state index in [0.29, 0.717) is 28.6 Å². The number of nitrogens with zero attached hydrogens (tertiary/aromatic N) is 1. The molecule has 2 aromatic carbocycles. The highest BCUT2D eigenvalue weighted by atomic mass is 35.5. The molecule has 0 bridgehead atoms. The molecule has 1 aliphatic heterocycles. The molecule has 1 aliphatic rings. The van der Waals surface area contributed by atoms with Gasteiger partial charge in [-0.25, -0.2) is 4.79 Å². The van der Waals surface area contributed by atoms with Crippen LogP contribution in [0.1, 0.15) is 42.1 Å². The quantitative estimate of drug-likeness (QED) is 0.422. The zero-order valence-corrected chi connectivity index (χ0v) is 19.9. The van der Waals surface area contributed by atoms with Gasteiger partial charge in [-0.1, -0.05) is 31.0 Å². The highest BCUT2D eigenvalue weighted by molar-refractivity contribution is 6.31. The summed E-state index contributed by atoms with van der Waals surface area (Å²) in [5, 5.41) is 3.13. The van der Waals surface area contributed by atoms with Crippen LogP contribution in [0.2, 0.25) is 5.02 Å². The maximum atomic E-state index is 12.5. The number of hydrogen-bond donors (Lipinski definition) is 1. The van der Waals surface area contributed by atoms with Gasteiger partial charge in [0.1, 0.15) is 0 Å². The van der Waals surface area contributed by atoms with Crippen molar-refractivity contribution < 1.29 is 28.7 Å². The van der Waals surface area contributed by atoms with Crippen molar-refractivity contribution in [2.75, 3.05) is 30.0 Å². The minimum Gasteiger partial charge on any atom is -0.462 e. The summed E-state index contributed by atoms with van der Waals surface area (Å²) in [4.78, 5) is 50.5. The van der Waals surface area contributed by atoms with Crippen molar-refractivity contribution in [3.05, 3.63) is 58.6 Å². The molecule has 8 nitrogen and oxygen atoms in total. The molecular weight excluding hydrogens is 460 g/mol. The van der Waals surface area contributed by atoms with E-state index in [2.05, 4.69) is 5.32 Å². The number of rotatable bonds is 9. The number of esters is 2. The first-order valence-electron chi connectivity index (χ1n) is 11.1. The normalized spacial score (nSPS) is 15.2. The monoisotopic (exact) mass is 486 g/mol. The zero-order valence-electron chi connectivity index (χ0n) is 19.1.